The van der Waals surface area contributed by atoms with Crippen LogP contribution < -0.4 is 11.5 Å². The molecule has 0 atom stereocenters. The van der Waals surface area contributed by atoms with E-state index in [2.05, 4.69) is 11.6 Å². The molecule has 0 aliphatic carbocycles. The maximum absolute atomic E-state index is 5.92. The predicted octanol–water partition coefficient (Wildman–Crippen LogP) is 3.01. The van der Waals surface area contributed by atoms with Crippen molar-refractivity contribution in [2.75, 3.05) is 11.5 Å². The summed E-state index contributed by atoms with van der Waals surface area (Å²) in [6.07, 6.45) is 3.30. The molecule has 0 fully saturated rings. The molecule has 0 spiro atoms. The smallest absolute Gasteiger partial charge is 0.0740 e. The number of nitrogens with zero attached hydrogens (tertiary/aromatic N) is 1. The Labute approximate surface area is 98.4 Å². The van der Waals surface area contributed by atoms with E-state index in [1.165, 1.54) is 0 Å². The maximum Gasteiger partial charge on any atom is 0.0740 e. The van der Waals surface area contributed by atoms with Gasteiger partial charge in [-0.15, -0.1) is 11.3 Å². The van der Waals surface area contributed by atoms with E-state index in [-0.39, 0.29) is 0 Å². The zero-order valence-electron chi connectivity index (χ0n) is 9.03. The van der Waals surface area contributed by atoms with E-state index < -0.39 is 0 Å². The first kappa shape index (κ1) is 10.7. The second-order valence-electron chi connectivity index (χ2n) is 3.63. The topological polar surface area (TPSA) is 64.9 Å². The first-order chi connectivity index (χ1) is 7.59. The quantitative estimate of drug-likeness (QED) is 0.835. The molecule has 0 saturated heterocycles. The van der Waals surface area contributed by atoms with Crippen molar-refractivity contribution in [3.63, 3.8) is 0 Å². The van der Waals surface area contributed by atoms with Gasteiger partial charge in [0.05, 0.1) is 17.6 Å². The molecular formula is C12H13N3S. The lowest BCUT2D eigenvalue weighted by atomic mass is 10.2. The van der Waals surface area contributed by atoms with Crippen LogP contribution in [-0.2, 0) is 0 Å². The Kier molecular flexibility index (Phi) is 2.66. The molecule has 3 nitrogen and oxygen atoms in total. The number of hydrogen-bond acceptors (Lipinski definition) is 4. The number of anilines is 2. The largest absolute Gasteiger partial charge is 0.396 e. The van der Waals surface area contributed by atoms with E-state index in [0.29, 0.717) is 11.4 Å². The molecule has 2 rings (SSSR count). The Morgan fingerprint density at radius 3 is 2.69 bits per heavy atom. The van der Waals surface area contributed by atoms with Gasteiger partial charge in [-0.1, -0.05) is 6.58 Å². The van der Waals surface area contributed by atoms with Gasteiger partial charge in [0.2, 0.25) is 0 Å². The fourth-order valence-electron chi connectivity index (χ4n) is 1.40. The summed E-state index contributed by atoms with van der Waals surface area (Å²) in [5.41, 5.74) is 14.7. The summed E-state index contributed by atoms with van der Waals surface area (Å²) in [6.45, 7) is 5.89. The van der Waals surface area contributed by atoms with Crippen LogP contribution in [0.15, 0.2) is 31.1 Å². The van der Waals surface area contributed by atoms with Crippen LogP contribution in [0.4, 0.5) is 11.4 Å². The number of allylic oxidation sites excluding steroid dienone is 1. The third kappa shape index (κ3) is 1.79. The van der Waals surface area contributed by atoms with Crippen LogP contribution >= 0.6 is 11.3 Å². The van der Waals surface area contributed by atoms with Crippen LogP contribution in [0.3, 0.4) is 0 Å². The molecule has 0 aliphatic heterocycles. The molecule has 0 aromatic carbocycles. The Morgan fingerprint density at radius 1 is 1.31 bits per heavy atom. The molecule has 0 bridgehead atoms. The van der Waals surface area contributed by atoms with Crippen LogP contribution in [0, 0.1) is 0 Å². The zero-order valence-corrected chi connectivity index (χ0v) is 9.84. The summed E-state index contributed by atoms with van der Waals surface area (Å²) in [6, 6.07) is 4.05. The van der Waals surface area contributed by atoms with Crippen LogP contribution in [0.2, 0.25) is 0 Å². The van der Waals surface area contributed by atoms with Crippen LogP contribution in [0.1, 0.15) is 11.8 Å². The molecule has 2 aromatic heterocycles. The van der Waals surface area contributed by atoms with E-state index in [4.69, 9.17) is 11.5 Å². The summed E-state index contributed by atoms with van der Waals surface area (Å²) < 4.78 is 0. The summed E-state index contributed by atoms with van der Waals surface area (Å²) in [4.78, 5) is 6.27. The van der Waals surface area contributed by atoms with Gasteiger partial charge in [-0.3, -0.25) is 4.98 Å². The molecule has 0 saturated carbocycles. The monoisotopic (exact) mass is 231 g/mol. The van der Waals surface area contributed by atoms with E-state index in [1.807, 2.05) is 19.1 Å². The highest BCUT2D eigenvalue weighted by Gasteiger charge is 2.08. The Morgan fingerprint density at radius 2 is 2.06 bits per heavy atom. The highest BCUT2D eigenvalue weighted by molar-refractivity contribution is 7.16. The standard InChI is InChI=1S/C12H13N3S/c1-7(2)10-3-4-11(16-10)8-5-15-6-9(13)12(8)14/h3-6H,1,13H2,2H3,(H2,14,15). The number of thiophene rings is 1. The first-order valence-corrected chi connectivity index (χ1v) is 5.66. The average molecular weight is 231 g/mol. The number of aromatic nitrogens is 1. The van der Waals surface area contributed by atoms with Gasteiger partial charge in [0, 0.05) is 21.5 Å². The lowest BCUT2D eigenvalue weighted by molar-refractivity contribution is 1.34. The number of hydrogen-bond donors (Lipinski definition) is 2. The van der Waals surface area contributed by atoms with Crippen molar-refractivity contribution in [2.45, 2.75) is 6.92 Å². The van der Waals surface area contributed by atoms with Gasteiger partial charge >= 0.3 is 0 Å². The number of rotatable bonds is 2. The van der Waals surface area contributed by atoms with Gasteiger partial charge in [-0.25, -0.2) is 0 Å². The van der Waals surface area contributed by atoms with Gasteiger partial charge in [0.1, 0.15) is 0 Å². The fraction of sp³-hybridized carbons (Fsp3) is 0.0833. The van der Waals surface area contributed by atoms with E-state index in [9.17, 15) is 0 Å². The Balaban J connectivity index is 2.50. The summed E-state index contributed by atoms with van der Waals surface area (Å²) in [5.74, 6) is 0. The van der Waals surface area contributed by atoms with Crippen molar-refractivity contribution < 1.29 is 0 Å². The van der Waals surface area contributed by atoms with Gasteiger partial charge < -0.3 is 11.5 Å². The molecule has 4 heteroatoms. The number of nitrogen functional groups attached to an aromatic ring is 2. The molecule has 4 N–H and O–H groups in total. The lowest BCUT2D eigenvalue weighted by Crippen LogP contribution is -1.97. The average Bonchev–Trinajstić information content (AvgIpc) is 2.71. The predicted molar refractivity (Wildman–Crippen MR) is 71.1 cm³/mol. The van der Waals surface area contributed by atoms with Crippen molar-refractivity contribution in [1.82, 2.24) is 4.98 Å². The summed E-state index contributed by atoms with van der Waals surface area (Å²) in [5, 5.41) is 0. The lowest BCUT2D eigenvalue weighted by Gasteiger charge is -2.04. The number of pyridine rings is 1. The molecule has 16 heavy (non-hydrogen) atoms. The van der Waals surface area contributed by atoms with Crippen molar-refractivity contribution >= 4 is 28.3 Å². The van der Waals surface area contributed by atoms with E-state index in [0.717, 1.165) is 20.9 Å². The molecule has 82 valence electrons. The van der Waals surface area contributed by atoms with E-state index in [1.54, 1.807) is 23.7 Å². The minimum absolute atomic E-state index is 0.516. The molecule has 2 aromatic rings. The Hall–Kier alpha value is -1.81. The third-order valence-corrected chi connectivity index (χ3v) is 3.59. The minimum atomic E-state index is 0.516. The van der Waals surface area contributed by atoms with Crippen molar-refractivity contribution in [3.05, 3.63) is 36.0 Å². The maximum atomic E-state index is 5.92. The summed E-state index contributed by atoms with van der Waals surface area (Å²) >= 11 is 1.64. The highest BCUT2D eigenvalue weighted by Crippen LogP contribution is 2.35. The zero-order chi connectivity index (χ0) is 11.7. The molecule has 2 heterocycles. The third-order valence-electron chi connectivity index (χ3n) is 2.31. The fourth-order valence-corrected chi connectivity index (χ4v) is 2.35. The number of nitrogens with two attached hydrogens (primary N) is 2. The molecule has 0 amide bonds. The van der Waals surface area contributed by atoms with Crippen molar-refractivity contribution in [2.24, 2.45) is 0 Å². The van der Waals surface area contributed by atoms with Gasteiger partial charge in [0.25, 0.3) is 0 Å². The van der Waals surface area contributed by atoms with Crippen molar-refractivity contribution in [3.8, 4) is 10.4 Å². The molecule has 0 aliphatic rings. The molecule has 0 unspecified atom stereocenters. The Bertz CT molecular complexity index is 543. The highest BCUT2D eigenvalue weighted by atomic mass is 32.1. The molecular weight excluding hydrogens is 218 g/mol. The first-order valence-electron chi connectivity index (χ1n) is 4.84. The van der Waals surface area contributed by atoms with Gasteiger partial charge in [0.15, 0.2) is 0 Å². The van der Waals surface area contributed by atoms with Crippen LogP contribution in [-0.4, -0.2) is 4.98 Å². The van der Waals surface area contributed by atoms with Crippen LogP contribution in [0.5, 0.6) is 0 Å². The van der Waals surface area contributed by atoms with Gasteiger partial charge in [-0.05, 0) is 24.6 Å². The van der Waals surface area contributed by atoms with Gasteiger partial charge in [-0.2, -0.15) is 0 Å². The summed E-state index contributed by atoms with van der Waals surface area (Å²) in [7, 11) is 0. The second-order valence-corrected chi connectivity index (χ2v) is 4.72. The van der Waals surface area contributed by atoms with E-state index >= 15 is 0 Å². The second kappa shape index (κ2) is 3.98. The minimum Gasteiger partial charge on any atom is -0.396 e. The van der Waals surface area contributed by atoms with Crippen LogP contribution in [0.25, 0.3) is 16.0 Å². The van der Waals surface area contributed by atoms with Crippen molar-refractivity contribution in [1.29, 1.82) is 0 Å². The molecule has 0 radical (unpaired) electrons. The normalized spacial score (nSPS) is 10.3. The SMILES string of the molecule is C=C(C)c1ccc(-c2cncc(N)c2N)s1.